The standard InChI is InChI=1S/C40H31N3/c1-3-12-28(13-4-1)31-16-11-17-32(26-31)37-27-36(29-14-5-2-6-15-29)41-40(42-37)30-22-24-33(25-23-30)43-38-20-9-7-18-34(38)35-19-8-10-21-39(35)43/h1-27,34,38,40-41H. The third-order valence-electron chi connectivity index (χ3n) is 8.64. The van der Waals surface area contributed by atoms with Crippen molar-refractivity contribution in [3.05, 3.63) is 186 Å². The molecule has 3 unspecified atom stereocenters. The monoisotopic (exact) mass is 553 g/mol. The van der Waals surface area contributed by atoms with Crippen molar-refractivity contribution >= 4 is 22.8 Å². The summed E-state index contributed by atoms with van der Waals surface area (Å²) < 4.78 is 0. The first-order valence-corrected chi connectivity index (χ1v) is 14.9. The first-order valence-electron chi connectivity index (χ1n) is 14.9. The van der Waals surface area contributed by atoms with E-state index in [2.05, 4.69) is 174 Å². The number of aliphatic imine (C=N–C) groups is 1. The lowest BCUT2D eigenvalue weighted by Gasteiger charge is -2.29. The van der Waals surface area contributed by atoms with E-state index in [4.69, 9.17) is 4.99 Å². The molecule has 8 rings (SSSR count). The Balaban J connectivity index is 1.16. The van der Waals surface area contributed by atoms with Crippen molar-refractivity contribution < 1.29 is 0 Å². The second-order valence-electron chi connectivity index (χ2n) is 11.2. The van der Waals surface area contributed by atoms with Crippen LogP contribution in [0.5, 0.6) is 0 Å². The smallest absolute Gasteiger partial charge is 0.145 e. The van der Waals surface area contributed by atoms with Gasteiger partial charge in [-0.1, -0.05) is 133 Å². The van der Waals surface area contributed by atoms with Crippen molar-refractivity contribution in [2.75, 3.05) is 4.90 Å². The van der Waals surface area contributed by atoms with Crippen molar-refractivity contribution in [3.63, 3.8) is 0 Å². The van der Waals surface area contributed by atoms with Crippen molar-refractivity contribution in [2.45, 2.75) is 18.1 Å². The molecule has 0 saturated heterocycles. The molecule has 5 aromatic rings. The number of fused-ring (bicyclic) bond motifs is 3. The van der Waals surface area contributed by atoms with Gasteiger partial charge in [-0.05, 0) is 58.2 Å². The van der Waals surface area contributed by atoms with Gasteiger partial charge in [-0.15, -0.1) is 0 Å². The zero-order chi connectivity index (χ0) is 28.6. The molecule has 3 aliphatic rings. The quantitative estimate of drug-likeness (QED) is 0.235. The van der Waals surface area contributed by atoms with Gasteiger partial charge >= 0.3 is 0 Å². The number of hydrogen-bond donors (Lipinski definition) is 1. The molecular formula is C40H31N3. The summed E-state index contributed by atoms with van der Waals surface area (Å²) in [5.41, 5.74) is 11.7. The number of nitrogens with one attached hydrogen (secondary N) is 1. The van der Waals surface area contributed by atoms with Gasteiger partial charge in [0.2, 0.25) is 0 Å². The van der Waals surface area contributed by atoms with Gasteiger partial charge in [-0.25, -0.2) is 0 Å². The summed E-state index contributed by atoms with van der Waals surface area (Å²) in [6, 6.07) is 47.7. The molecule has 0 fully saturated rings. The van der Waals surface area contributed by atoms with E-state index in [-0.39, 0.29) is 12.2 Å². The maximum Gasteiger partial charge on any atom is 0.145 e. The Bertz CT molecular complexity index is 1900. The molecule has 0 aromatic heterocycles. The summed E-state index contributed by atoms with van der Waals surface area (Å²) in [5.74, 6) is 0.373. The number of nitrogens with zero attached hydrogens (tertiary/aromatic N) is 2. The summed E-state index contributed by atoms with van der Waals surface area (Å²) in [5, 5.41) is 3.72. The largest absolute Gasteiger partial charge is 0.360 e. The van der Waals surface area contributed by atoms with Crippen LogP contribution >= 0.6 is 0 Å². The molecule has 0 saturated carbocycles. The molecule has 3 atom stereocenters. The van der Waals surface area contributed by atoms with Crippen LogP contribution in [0, 0.1) is 0 Å². The maximum absolute atomic E-state index is 5.26. The molecule has 43 heavy (non-hydrogen) atoms. The van der Waals surface area contributed by atoms with Gasteiger partial charge in [0.1, 0.15) is 6.17 Å². The molecule has 3 heteroatoms. The highest BCUT2D eigenvalue weighted by molar-refractivity contribution is 6.13. The minimum Gasteiger partial charge on any atom is -0.360 e. The Hall–Kier alpha value is -5.41. The fourth-order valence-corrected chi connectivity index (χ4v) is 6.53. The summed E-state index contributed by atoms with van der Waals surface area (Å²) in [4.78, 5) is 7.73. The average Bonchev–Trinajstić information content (AvgIpc) is 3.43. The van der Waals surface area contributed by atoms with Crippen LogP contribution in [0.15, 0.2) is 169 Å². The molecular weight excluding hydrogens is 522 g/mol. The van der Waals surface area contributed by atoms with Crippen molar-refractivity contribution in [3.8, 4) is 11.1 Å². The number of rotatable bonds is 5. The Morgan fingerprint density at radius 1 is 0.581 bits per heavy atom. The normalized spacial score (nSPS) is 20.1. The Morgan fingerprint density at radius 2 is 1.26 bits per heavy atom. The number of allylic oxidation sites excluding steroid dienone is 3. The summed E-state index contributed by atoms with van der Waals surface area (Å²) in [7, 11) is 0. The minimum absolute atomic E-state index is 0.208. The topological polar surface area (TPSA) is 27.6 Å². The molecule has 1 N–H and O–H groups in total. The zero-order valence-corrected chi connectivity index (χ0v) is 23.7. The number of hydrogen-bond acceptors (Lipinski definition) is 3. The lowest BCUT2D eigenvalue weighted by Crippen LogP contribution is -2.28. The Labute approximate surface area is 252 Å². The lowest BCUT2D eigenvalue weighted by molar-refractivity contribution is 0.664. The predicted molar refractivity (Wildman–Crippen MR) is 179 cm³/mol. The predicted octanol–water partition coefficient (Wildman–Crippen LogP) is 9.22. The van der Waals surface area contributed by atoms with E-state index >= 15 is 0 Å². The summed E-state index contributed by atoms with van der Waals surface area (Å²) in [6.07, 6.45) is 10.9. The molecule has 1 aliphatic carbocycles. The molecule has 0 spiro atoms. The average molecular weight is 554 g/mol. The third-order valence-corrected chi connectivity index (χ3v) is 8.64. The van der Waals surface area contributed by atoms with Crippen LogP contribution in [0.4, 0.5) is 11.4 Å². The molecule has 3 nitrogen and oxygen atoms in total. The number of benzene rings is 5. The van der Waals surface area contributed by atoms with Crippen molar-refractivity contribution in [2.24, 2.45) is 4.99 Å². The molecule has 0 radical (unpaired) electrons. The maximum atomic E-state index is 5.26. The molecule has 206 valence electrons. The van der Waals surface area contributed by atoms with Crippen LogP contribution < -0.4 is 10.2 Å². The van der Waals surface area contributed by atoms with E-state index in [1.807, 2.05) is 0 Å². The Kier molecular flexibility index (Phi) is 6.34. The highest BCUT2D eigenvalue weighted by Gasteiger charge is 2.37. The van der Waals surface area contributed by atoms with Gasteiger partial charge in [-0.2, -0.15) is 0 Å². The van der Waals surface area contributed by atoms with E-state index in [9.17, 15) is 0 Å². The molecule has 0 bridgehead atoms. The van der Waals surface area contributed by atoms with Crippen LogP contribution in [0.2, 0.25) is 0 Å². The fourth-order valence-electron chi connectivity index (χ4n) is 6.53. The van der Waals surface area contributed by atoms with Gasteiger partial charge in [-0.3, -0.25) is 4.99 Å². The van der Waals surface area contributed by atoms with Crippen LogP contribution in [0.3, 0.4) is 0 Å². The van der Waals surface area contributed by atoms with Crippen molar-refractivity contribution in [1.82, 2.24) is 5.32 Å². The molecule has 2 heterocycles. The zero-order valence-electron chi connectivity index (χ0n) is 23.7. The number of para-hydroxylation sites is 1. The van der Waals surface area contributed by atoms with Gasteiger partial charge in [0.25, 0.3) is 0 Å². The molecule has 0 amide bonds. The fraction of sp³-hybridized carbons (Fsp3) is 0.0750. The number of anilines is 2. The van der Waals surface area contributed by atoms with Crippen LogP contribution in [-0.2, 0) is 0 Å². The van der Waals surface area contributed by atoms with Gasteiger partial charge in [0.15, 0.2) is 0 Å². The van der Waals surface area contributed by atoms with E-state index in [1.165, 1.54) is 28.1 Å². The highest BCUT2D eigenvalue weighted by Crippen LogP contribution is 2.47. The van der Waals surface area contributed by atoms with Crippen LogP contribution in [0.25, 0.3) is 16.8 Å². The van der Waals surface area contributed by atoms with Crippen LogP contribution in [0.1, 0.15) is 34.3 Å². The SMILES string of the molecule is C1=CC2c3ccccc3N(c3ccc(C4N=C(c5cccc(-c6ccccc6)c5)C=C(c5ccccc5)N4)cc3)C2C=C1. The molecule has 5 aromatic carbocycles. The second-order valence-corrected chi connectivity index (χ2v) is 11.2. The molecule has 2 aliphatic heterocycles. The summed E-state index contributed by atoms with van der Waals surface area (Å²) >= 11 is 0. The first-order chi connectivity index (χ1) is 21.3. The second kappa shape index (κ2) is 10.8. The lowest BCUT2D eigenvalue weighted by atomic mass is 9.91. The van der Waals surface area contributed by atoms with Gasteiger partial charge < -0.3 is 10.2 Å². The third kappa shape index (κ3) is 4.69. The van der Waals surface area contributed by atoms with E-state index in [0.717, 1.165) is 28.1 Å². The van der Waals surface area contributed by atoms with E-state index in [1.54, 1.807) is 0 Å². The van der Waals surface area contributed by atoms with E-state index in [0.29, 0.717) is 5.92 Å². The Morgan fingerprint density at radius 3 is 2.07 bits per heavy atom. The van der Waals surface area contributed by atoms with Crippen molar-refractivity contribution in [1.29, 1.82) is 0 Å². The highest BCUT2D eigenvalue weighted by atomic mass is 15.2. The van der Waals surface area contributed by atoms with Gasteiger partial charge in [0, 0.05) is 28.6 Å². The van der Waals surface area contributed by atoms with E-state index < -0.39 is 0 Å². The van der Waals surface area contributed by atoms with Crippen LogP contribution in [-0.4, -0.2) is 11.8 Å². The summed E-state index contributed by atoms with van der Waals surface area (Å²) in [6.45, 7) is 0. The minimum atomic E-state index is -0.208. The first kappa shape index (κ1) is 25.3. The van der Waals surface area contributed by atoms with Gasteiger partial charge in [0.05, 0.1) is 11.8 Å².